The number of rotatable bonds is 16. The number of amides is 6. The second-order valence-corrected chi connectivity index (χ2v) is 10.3. The van der Waals surface area contributed by atoms with Crippen LogP contribution in [0, 0.1) is 27.7 Å². The van der Waals surface area contributed by atoms with Gasteiger partial charge in [-0.05, 0) is 50.3 Å². The van der Waals surface area contributed by atoms with Crippen molar-refractivity contribution in [2.75, 3.05) is 25.0 Å². The summed E-state index contributed by atoms with van der Waals surface area (Å²) < 4.78 is 5.26. The van der Waals surface area contributed by atoms with E-state index in [0.29, 0.717) is 44.6 Å². The van der Waals surface area contributed by atoms with E-state index in [-0.39, 0.29) is 70.4 Å². The van der Waals surface area contributed by atoms with Crippen molar-refractivity contribution < 1.29 is 52.4 Å². The normalized spacial score (nSPS) is 13.1. The molecule has 0 aliphatic carbocycles. The molecule has 1 aromatic rings. The number of hydrogen-bond acceptors (Lipinski definition) is 7. The molecule has 0 aromatic heterocycles. The Hall–Kier alpha value is -3.62. The van der Waals surface area contributed by atoms with Gasteiger partial charge in [-0.3, -0.25) is 28.9 Å². The molecule has 0 radical (unpaired) electrons. The van der Waals surface area contributed by atoms with Crippen LogP contribution < -0.4 is 34.8 Å². The van der Waals surface area contributed by atoms with Crippen molar-refractivity contribution in [1.29, 1.82) is 0 Å². The van der Waals surface area contributed by atoms with Crippen LogP contribution in [0.2, 0.25) is 0 Å². The van der Waals surface area contributed by atoms with Crippen LogP contribution in [0.3, 0.4) is 0 Å². The van der Waals surface area contributed by atoms with E-state index >= 15 is 0 Å². The summed E-state index contributed by atoms with van der Waals surface area (Å²) in [7, 11) is 0. The maximum Gasteiger partial charge on any atom is 1.00 e. The van der Waals surface area contributed by atoms with Crippen molar-refractivity contribution in [2.45, 2.75) is 72.1 Å². The molecule has 246 valence electrons. The molecule has 13 heteroatoms. The molecule has 45 heavy (non-hydrogen) atoms. The van der Waals surface area contributed by atoms with Crippen molar-refractivity contribution >= 4 is 41.3 Å². The van der Waals surface area contributed by atoms with Crippen LogP contribution in [0.25, 0.3) is 0 Å². The van der Waals surface area contributed by atoms with Gasteiger partial charge in [0, 0.05) is 37.3 Å². The fraction of sp³-hybridized carbons (Fsp3) is 0.469. The quantitative estimate of drug-likeness (QED) is 0.105. The molecule has 12 nitrogen and oxygen atoms in total. The van der Waals surface area contributed by atoms with Gasteiger partial charge in [-0.15, -0.1) is 6.54 Å². The van der Waals surface area contributed by atoms with Crippen molar-refractivity contribution in [1.82, 2.24) is 20.4 Å². The third-order valence-electron chi connectivity index (χ3n) is 6.70. The number of anilines is 1. The van der Waals surface area contributed by atoms with Crippen LogP contribution in [0.5, 0.6) is 0 Å². The average Bonchev–Trinajstić information content (AvgIpc) is 3.27. The summed E-state index contributed by atoms with van der Waals surface area (Å²) in [6, 6.07) is 5.09. The minimum Gasteiger partial charge on any atom is -0.445 e. The molecule has 0 spiro atoms. The van der Waals surface area contributed by atoms with E-state index in [1.807, 2.05) is 6.92 Å². The van der Waals surface area contributed by atoms with Gasteiger partial charge in [0.25, 0.3) is 11.8 Å². The number of nitrogens with zero attached hydrogens (tertiary/aromatic N) is 2. The summed E-state index contributed by atoms with van der Waals surface area (Å²) in [5.41, 5.74) is 1.25. The predicted octanol–water partition coefficient (Wildman–Crippen LogP) is 0.453. The molecule has 1 aliphatic rings. The van der Waals surface area contributed by atoms with Crippen molar-refractivity contribution in [3.8, 4) is 0 Å². The van der Waals surface area contributed by atoms with E-state index in [4.69, 9.17) is 4.74 Å². The first kappa shape index (κ1) is 43.5. The van der Waals surface area contributed by atoms with Crippen LogP contribution in [0.1, 0.15) is 58.9 Å². The number of carbonyl (C=O) groups excluding carboxylic acids is 6. The number of unbranched alkanes of at least 4 members (excludes halogenated alkanes) is 2. The van der Waals surface area contributed by atoms with Gasteiger partial charge in [-0.25, -0.2) is 4.79 Å². The maximum atomic E-state index is 12.9. The fourth-order valence-electron chi connectivity index (χ4n) is 4.08. The summed E-state index contributed by atoms with van der Waals surface area (Å²) >= 11 is 0. The Labute approximate surface area is 280 Å². The zero-order chi connectivity index (χ0) is 31.2. The molecule has 0 saturated heterocycles. The molecule has 0 fully saturated rings. The molecule has 2 atom stereocenters. The first-order valence-corrected chi connectivity index (χ1v) is 14.2. The Morgan fingerprint density at radius 3 is 2.04 bits per heavy atom. The average molecular weight is 622 g/mol. The minimum absolute atomic E-state index is 0. The van der Waals surface area contributed by atoms with Crippen molar-refractivity contribution in [3.63, 3.8) is 0 Å². The van der Waals surface area contributed by atoms with Crippen molar-refractivity contribution in [2.24, 2.45) is 5.92 Å². The first-order chi connectivity index (χ1) is 20.0. The topological polar surface area (TPSA) is 154 Å². The second kappa shape index (κ2) is 22.0. The number of imide groups is 1. The molecule has 0 bridgehead atoms. The van der Waals surface area contributed by atoms with Gasteiger partial charge in [0.15, 0.2) is 0 Å². The Morgan fingerprint density at radius 2 is 1.51 bits per heavy atom. The fourth-order valence-corrected chi connectivity index (χ4v) is 4.08. The van der Waals surface area contributed by atoms with E-state index in [1.165, 1.54) is 17.1 Å². The van der Waals surface area contributed by atoms with Crippen LogP contribution >= 0.6 is 0 Å². The number of benzene rings is 1. The molecule has 3 N–H and O–H groups in total. The van der Waals surface area contributed by atoms with Crippen LogP contribution in [0.15, 0.2) is 36.4 Å². The van der Waals surface area contributed by atoms with Crippen LogP contribution in [-0.4, -0.2) is 77.1 Å². The van der Waals surface area contributed by atoms with Gasteiger partial charge in [0.1, 0.15) is 18.7 Å². The third-order valence-corrected chi connectivity index (χ3v) is 6.70. The Morgan fingerprint density at radius 1 is 0.911 bits per heavy atom. The molecule has 1 heterocycles. The summed E-state index contributed by atoms with van der Waals surface area (Å²) in [5.74, 6) is -2.07. The molecule has 0 unspecified atom stereocenters. The smallest absolute Gasteiger partial charge is 0.445 e. The van der Waals surface area contributed by atoms with Gasteiger partial charge in [0.05, 0.1) is 0 Å². The monoisotopic (exact) mass is 621 g/mol. The molecular formula is C32H48LiN5O7-2. The van der Waals surface area contributed by atoms with Crippen molar-refractivity contribution in [3.05, 3.63) is 63.8 Å². The van der Waals surface area contributed by atoms with Gasteiger partial charge >= 0.3 is 25.0 Å². The summed E-state index contributed by atoms with van der Waals surface area (Å²) in [6.07, 6.45) is 3.98. The van der Waals surface area contributed by atoms with Gasteiger partial charge in [-0.1, -0.05) is 32.4 Å². The van der Waals surface area contributed by atoms with E-state index in [0.717, 1.165) is 10.5 Å². The van der Waals surface area contributed by atoms with E-state index < -0.39 is 30.0 Å². The minimum atomic E-state index is -0.871. The number of nitrogens with one attached hydrogen (secondary N) is 3. The molecule has 6 amide bonds. The van der Waals surface area contributed by atoms with Gasteiger partial charge < -0.3 is 47.4 Å². The molecule has 1 aliphatic heterocycles. The maximum absolute atomic E-state index is 12.9. The summed E-state index contributed by atoms with van der Waals surface area (Å²) in [5, 5.41) is 8.14. The van der Waals surface area contributed by atoms with E-state index in [9.17, 15) is 28.8 Å². The summed E-state index contributed by atoms with van der Waals surface area (Å²) in [4.78, 5) is 75.8. The third kappa shape index (κ3) is 14.3. The number of carbonyl (C=O) groups is 6. The van der Waals surface area contributed by atoms with E-state index in [2.05, 4.69) is 22.9 Å². The zero-order valence-electron chi connectivity index (χ0n) is 27.8. The number of hydrogen-bond donors (Lipinski definition) is 3. The SMILES string of the molecule is [CH2-]CN(CC)C(=O)OCc1ccc(NC(=O)[C@H](C)NC(=O)[C@@H](NC(=O)CCCCCN2C(=O)C=CC2=O)C(C)C)cc1.[CH3-].[CH3-].[Li+]. The Balaban J connectivity index is 0. The molecule has 2 rings (SSSR count). The summed E-state index contributed by atoms with van der Waals surface area (Å²) in [6.45, 7) is 11.9. The van der Waals surface area contributed by atoms with E-state index in [1.54, 1.807) is 45.0 Å². The Kier molecular flexibility index (Phi) is 21.2. The Bertz CT molecular complexity index is 1140. The molecule has 1 aromatic carbocycles. The predicted molar refractivity (Wildman–Crippen MR) is 169 cm³/mol. The van der Waals surface area contributed by atoms with Gasteiger partial charge in [-0.2, -0.15) is 0 Å². The van der Waals surface area contributed by atoms with Crippen LogP contribution in [0.4, 0.5) is 10.5 Å². The second-order valence-electron chi connectivity index (χ2n) is 10.3. The molecular weight excluding hydrogens is 573 g/mol. The largest absolute Gasteiger partial charge is 1.00 e. The standard InChI is InChI=1S/C30H42N5O7.2CH3.Li/c1-6-34(7-2)30(41)42-19-22-12-14-23(15-13-22)32-28(39)21(5)31-29(40)27(20(3)4)33-24(36)11-9-8-10-18-35-25(37)16-17-26(35)38;;;/h12-17,20-21,27H,1,6-11,18-19H2,2-5H3,(H,31,40)(H,32,39)(H,33,36);2*1H3;/q3*-1;+1/t21-,27-;;;/m0.../s1. The van der Waals surface area contributed by atoms with Crippen LogP contribution in [-0.2, 0) is 35.3 Å². The zero-order valence-corrected chi connectivity index (χ0v) is 27.8. The first-order valence-electron chi connectivity index (χ1n) is 14.2. The number of ether oxygens (including phenoxy) is 1. The van der Waals surface area contributed by atoms with Gasteiger partial charge in [0.2, 0.25) is 17.7 Å². The molecule has 0 saturated carbocycles.